The first-order valence-electron chi connectivity index (χ1n) is 7.32. The molecule has 0 aliphatic carbocycles. The van der Waals surface area contributed by atoms with Crippen molar-refractivity contribution < 1.29 is 4.79 Å². The van der Waals surface area contributed by atoms with Crippen molar-refractivity contribution in [1.82, 2.24) is 15.2 Å². The van der Waals surface area contributed by atoms with E-state index in [2.05, 4.69) is 15.2 Å². The number of fused-ring (bicyclic) bond motifs is 1. The molecule has 0 radical (unpaired) electrons. The molecule has 0 saturated carbocycles. The number of carbonyl (C=O) groups excluding carboxylic acids is 1. The summed E-state index contributed by atoms with van der Waals surface area (Å²) in [5, 5.41) is 4.40. The van der Waals surface area contributed by atoms with Gasteiger partial charge in [0.15, 0.2) is 5.78 Å². The lowest BCUT2D eigenvalue weighted by Gasteiger charge is -2.25. The van der Waals surface area contributed by atoms with Crippen molar-refractivity contribution in [2.45, 2.75) is 19.4 Å². The standard InChI is InChI=1S/C16H21N3O/c1-12(19-9-4-7-17-8-10-19)16(20)14-11-18-15-6-3-2-5-13(14)15/h2-3,5-6,11-12,17-18H,4,7-10H2,1H3. The van der Waals surface area contributed by atoms with Gasteiger partial charge in [0.1, 0.15) is 0 Å². The summed E-state index contributed by atoms with van der Waals surface area (Å²) >= 11 is 0. The van der Waals surface area contributed by atoms with Crippen LogP contribution >= 0.6 is 0 Å². The summed E-state index contributed by atoms with van der Waals surface area (Å²) in [7, 11) is 0. The molecule has 1 aliphatic rings. The summed E-state index contributed by atoms with van der Waals surface area (Å²) in [5.41, 5.74) is 1.84. The first kappa shape index (κ1) is 13.3. The number of nitrogens with one attached hydrogen (secondary N) is 2. The minimum atomic E-state index is -0.0610. The van der Waals surface area contributed by atoms with Crippen molar-refractivity contribution in [3.05, 3.63) is 36.0 Å². The van der Waals surface area contributed by atoms with Gasteiger partial charge >= 0.3 is 0 Å². The molecule has 1 aliphatic heterocycles. The Hall–Kier alpha value is -1.65. The van der Waals surface area contributed by atoms with Crippen LogP contribution in [0.2, 0.25) is 0 Å². The number of ketones is 1. The fraction of sp³-hybridized carbons (Fsp3) is 0.438. The summed E-state index contributed by atoms with van der Waals surface area (Å²) < 4.78 is 0. The Morgan fingerprint density at radius 1 is 1.25 bits per heavy atom. The summed E-state index contributed by atoms with van der Waals surface area (Å²) in [4.78, 5) is 18.2. The Morgan fingerprint density at radius 3 is 3.00 bits per heavy atom. The zero-order valence-electron chi connectivity index (χ0n) is 11.9. The van der Waals surface area contributed by atoms with E-state index in [9.17, 15) is 4.79 Å². The molecule has 2 aromatic rings. The molecular formula is C16H21N3O. The summed E-state index contributed by atoms with van der Waals surface area (Å²) in [6.45, 7) is 5.96. The number of rotatable bonds is 3. The minimum absolute atomic E-state index is 0.0610. The van der Waals surface area contributed by atoms with E-state index in [1.807, 2.05) is 37.4 Å². The van der Waals surface area contributed by atoms with Gasteiger partial charge in [-0.05, 0) is 26.0 Å². The highest BCUT2D eigenvalue weighted by Gasteiger charge is 2.24. The van der Waals surface area contributed by atoms with E-state index in [0.717, 1.165) is 49.1 Å². The Bertz CT molecular complexity index is 597. The van der Waals surface area contributed by atoms with Crippen LogP contribution in [0.4, 0.5) is 0 Å². The number of para-hydroxylation sites is 1. The van der Waals surface area contributed by atoms with Gasteiger partial charge in [-0.2, -0.15) is 0 Å². The first-order chi connectivity index (χ1) is 9.77. The normalized spacial score (nSPS) is 18.9. The highest BCUT2D eigenvalue weighted by Crippen LogP contribution is 2.20. The number of H-pyrrole nitrogens is 1. The molecular weight excluding hydrogens is 250 g/mol. The van der Waals surface area contributed by atoms with Crippen LogP contribution in [0, 0.1) is 0 Å². The molecule has 2 N–H and O–H groups in total. The van der Waals surface area contributed by atoms with E-state index in [1.54, 1.807) is 0 Å². The van der Waals surface area contributed by atoms with Gasteiger partial charge in [0.25, 0.3) is 0 Å². The maximum atomic E-state index is 12.7. The second kappa shape index (κ2) is 5.77. The lowest BCUT2D eigenvalue weighted by molar-refractivity contribution is 0.0848. The molecule has 1 fully saturated rings. The van der Waals surface area contributed by atoms with Gasteiger partial charge in [-0.3, -0.25) is 9.69 Å². The molecule has 1 aromatic carbocycles. The van der Waals surface area contributed by atoms with Crippen LogP contribution in [0.3, 0.4) is 0 Å². The third-order valence-corrected chi connectivity index (χ3v) is 4.16. The van der Waals surface area contributed by atoms with Gasteiger partial charge in [-0.25, -0.2) is 0 Å². The molecule has 1 unspecified atom stereocenters. The predicted octanol–water partition coefficient (Wildman–Crippen LogP) is 2.03. The van der Waals surface area contributed by atoms with E-state index in [0.29, 0.717) is 0 Å². The number of aromatic amines is 1. The van der Waals surface area contributed by atoms with Gasteiger partial charge in [0, 0.05) is 42.3 Å². The Labute approximate surface area is 119 Å². The fourth-order valence-corrected chi connectivity index (χ4v) is 2.92. The first-order valence-corrected chi connectivity index (χ1v) is 7.32. The molecule has 20 heavy (non-hydrogen) atoms. The number of hydrogen-bond donors (Lipinski definition) is 2. The average Bonchev–Trinajstić information content (AvgIpc) is 2.72. The minimum Gasteiger partial charge on any atom is -0.360 e. The monoisotopic (exact) mass is 271 g/mol. The van der Waals surface area contributed by atoms with Crippen molar-refractivity contribution in [3.63, 3.8) is 0 Å². The number of nitrogens with zero attached hydrogens (tertiary/aromatic N) is 1. The fourth-order valence-electron chi connectivity index (χ4n) is 2.92. The largest absolute Gasteiger partial charge is 0.360 e. The molecule has 0 bridgehead atoms. The second-order valence-electron chi connectivity index (χ2n) is 5.43. The van der Waals surface area contributed by atoms with Crippen LogP contribution in [-0.4, -0.2) is 47.9 Å². The molecule has 3 rings (SSSR count). The van der Waals surface area contributed by atoms with Crippen LogP contribution in [0.5, 0.6) is 0 Å². The van der Waals surface area contributed by atoms with Crippen LogP contribution < -0.4 is 5.32 Å². The highest BCUT2D eigenvalue weighted by molar-refractivity contribution is 6.10. The molecule has 4 nitrogen and oxygen atoms in total. The lowest BCUT2D eigenvalue weighted by atomic mass is 10.0. The van der Waals surface area contributed by atoms with Crippen molar-refractivity contribution in [2.75, 3.05) is 26.2 Å². The van der Waals surface area contributed by atoms with E-state index >= 15 is 0 Å². The highest BCUT2D eigenvalue weighted by atomic mass is 16.1. The number of aromatic nitrogens is 1. The van der Waals surface area contributed by atoms with Gasteiger partial charge in [-0.1, -0.05) is 18.2 Å². The zero-order valence-corrected chi connectivity index (χ0v) is 11.9. The van der Waals surface area contributed by atoms with Gasteiger partial charge in [0.2, 0.25) is 0 Å². The van der Waals surface area contributed by atoms with Crippen LogP contribution in [0.15, 0.2) is 30.5 Å². The van der Waals surface area contributed by atoms with Gasteiger partial charge in [0.05, 0.1) is 6.04 Å². The number of Topliss-reactive ketones (excluding diaryl/α,β-unsaturated/α-hetero) is 1. The maximum absolute atomic E-state index is 12.7. The summed E-state index contributed by atoms with van der Waals surface area (Å²) in [5.74, 6) is 0.212. The Balaban J connectivity index is 1.84. The van der Waals surface area contributed by atoms with Crippen molar-refractivity contribution in [2.24, 2.45) is 0 Å². The molecule has 1 aromatic heterocycles. The van der Waals surface area contributed by atoms with Crippen molar-refractivity contribution >= 4 is 16.7 Å². The molecule has 1 atom stereocenters. The molecule has 106 valence electrons. The molecule has 2 heterocycles. The van der Waals surface area contributed by atoms with Gasteiger partial charge in [-0.15, -0.1) is 0 Å². The van der Waals surface area contributed by atoms with Crippen molar-refractivity contribution in [3.8, 4) is 0 Å². The predicted molar refractivity (Wildman–Crippen MR) is 81.2 cm³/mol. The third kappa shape index (κ3) is 2.49. The number of hydrogen-bond acceptors (Lipinski definition) is 3. The van der Waals surface area contributed by atoms with E-state index in [1.165, 1.54) is 0 Å². The quantitative estimate of drug-likeness (QED) is 0.840. The average molecular weight is 271 g/mol. The maximum Gasteiger partial charge on any atom is 0.181 e. The summed E-state index contributed by atoms with van der Waals surface area (Å²) in [6.07, 6.45) is 2.95. The topological polar surface area (TPSA) is 48.1 Å². The number of carbonyl (C=O) groups is 1. The SMILES string of the molecule is CC(C(=O)c1c[nH]c2ccccc12)N1CCCNCC1. The van der Waals surface area contributed by atoms with Crippen LogP contribution in [0.25, 0.3) is 10.9 Å². The Kier molecular flexibility index (Phi) is 3.85. The van der Waals surface area contributed by atoms with Crippen LogP contribution in [-0.2, 0) is 0 Å². The van der Waals surface area contributed by atoms with Gasteiger partial charge < -0.3 is 10.3 Å². The Morgan fingerprint density at radius 2 is 2.10 bits per heavy atom. The molecule has 0 spiro atoms. The van der Waals surface area contributed by atoms with Crippen LogP contribution in [0.1, 0.15) is 23.7 Å². The van der Waals surface area contributed by atoms with E-state index in [4.69, 9.17) is 0 Å². The molecule has 1 saturated heterocycles. The smallest absolute Gasteiger partial charge is 0.181 e. The summed E-state index contributed by atoms with van der Waals surface area (Å²) in [6, 6.07) is 7.92. The van der Waals surface area contributed by atoms with E-state index in [-0.39, 0.29) is 11.8 Å². The lowest BCUT2D eigenvalue weighted by Crippen LogP contribution is -2.41. The molecule has 4 heteroatoms. The third-order valence-electron chi connectivity index (χ3n) is 4.16. The zero-order chi connectivity index (χ0) is 13.9. The number of benzene rings is 1. The van der Waals surface area contributed by atoms with E-state index < -0.39 is 0 Å². The molecule has 0 amide bonds. The van der Waals surface area contributed by atoms with Crippen molar-refractivity contribution in [1.29, 1.82) is 0 Å². The second-order valence-corrected chi connectivity index (χ2v) is 5.43.